The Morgan fingerprint density at radius 2 is 1.80 bits per heavy atom. The lowest BCUT2D eigenvalue weighted by molar-refractivity contribution is 0.242. The van der Waals surface area contributed by atoms with Crippen LogP contribution < -0.4 is 10.1 Å². The average Bonchev–Trinajstić information content (AvgIpc) is 2.41. The highest BCUT2D eigenvalue weighted by molar-refractivity contribution is 5.51. The van der Waals surface area contributed by atoms with Crippen molar-refractivity contribution in [2.75, 3.05) is 5.32 Å². The molecule has 1 unspecified atom stereocenters. The van der Waals surface area contributed by atoms with E-state index in [4.69, 9.17) is 4.74 Å². The summed E-state index contributed by atoms with van der Waals surface area (Å²) >= 11 is 0. The van der Waals surface area contributed by atoms with Gasteiger partial charge in [0.1, 0.15) is 0 Å². The van der Waals surface area contributed by atoms with Gasteiger partial charge in [-0.1, -0.05) is 24.3 Å². The Kier molecular flexibility index (Phi) is 4.61. The molecule has 20 heavy (non-hydrogen) atoms. The van der Waals surface area contributed by atoms with E-state index in [9.17, 15) is 0 Å². The molecular formula is C17H22N2O. The molecule has 0 aliphatic heterocycles. The van der Waals surface area contributed by atoms with E-state index in [1.807, 2.05) is 26.0 Å². The van der Waals surface area contributed by atoms with Gasteiger partial charge in [0.25, 0.3) is 0 Å². The van der Waals surface area contributed by atoms with Crippen LogP contribution in [0, 0.1) is 6.92 Å². The van der Waals surface area contributed by atoms with Crippen LogP contribution in [0.1, 0.15) is 37.9 Å². The first kappa shape index (κ1) is 14.4. The highest BCUT2D eigenvalue weighted by atomic mass is 16.5. The predicted octanol–water partition coefficient (Wildman–Crippen LogP) is 4.35. The molecule has 0 aliphatic rings. The molecule has 1 atom stereocenters. The van der Waals surface area contributed by atoms with Crippen molar-refractivity contribution in [1.82, 2.24) is 4.98 Å². The number of nitrogens with zero attached hydrogens (tertiary/aromatic N) is 1. The highest BCUT2D eigenvalue weighted by Gasteiger charge is 2.12. The van der Waals surface area contributed by atoms with Crippen molar-refractivity contribution in [2.24, 2.45) is 0 Å². The summed E-state index contributed by atoms with van der Waals surface area (Å²) in [4.78, 5) is 4.39. The van der Waals surface area contributed by atoms with Crippen molar-refractivity contribution < 1.29 is 4.74 Å². The summed E-state index contributed by atoms with van der Waals surface area (Å²) in [6.45, 7) is 8.29. The SMILES string of the molecule is Cc1ccccc1C(C)Nc1ncccc1OC(C)C. The van der Waals surface area contributed by atoms with E-state index in [1.54, 1.807) is 6.20 Å². The largest absolute Gasteiger partial charge is 0.487 e. The highest BCUT2D eigenvalue weighted by Crippen LogP contribution is 2.27. The van der Waals surface area contributed by atoms with E-state index in [1.165, 1.54) is 11.1 Å². The molecule has 0 saturated heterocycles. The Balaban J connectivity index is 2.20. The normalized spacial score (nSPS) is 12.2. The number of aromatic nitrogens is 1. The minimum absolute atomic E-state index is 0.133. The van der Waals surface area contributed by atoms with E-state index in [2.05, 4.69) is 48.4 Å². The Morgan fingerprint density at radius 1 is 1.05 bits per heavy atom. The van der Waals surface area contributed by atoms with Gasteiger partial charge in [-0.05, 0) is 51.0 Å². The van der Waals surface area contributed by atoms with E-state index < -0.39 is 0 Å². The molecule has 0 radical (unpaired) electrons. The third-order valence-corrected chi connectivity index (χ3v) is 3.14. The summed E-state index contributed by atoms with van der Waals surface area (Å²) in [6.07, 6.45) is 1.91. The first-order chi connectivity index (χ1) is 9.58. The molecule has 1 aromatic carbocycles. The van der Waals surface area contributed by atoms with Crippen molar-refractivity contribution in [1.29, 1.82) is 0 Å². The van der Waals surface area contributed by atoms with Crippen LogP contribution in [0.15, 0.2) is 42.6 Å². The topological polar surface area (TPSA) is 34.2 Å². The maximum atomic E-state index is 5.79. The maximum Gasteiger partial charge on any atom is 0.169 e. The van der Waals surface area contributed by atoms with Crippen LogP contribution in [0.3, 0.4) is 0 Å². The van der Waals surface area contributed by atoms with Gasteiger partial charge in [0.05, 0.1) is 12.1 Å². The third-order valence-electron chi connectivity index (χ3n) is 3.14. The zero-order valence-electron chi connectivity index (χ0n) is 12.6. The van der Waals surface area contributed by atoms with Gasteiger partial charge in [0.15, 0.2) is 11.6 Å². The van der Waals surface area contributed by atoms with Crippen LogP contribution in [-0.2, 0) is 0 Å². The van der Waals surface area contributed by atoms with Gasteiger partial charge in [-0.2, -0.15) is 0 Å². The molecule has 1 aromatic heterocycles. The number of aryl methyl sites for hydroxylation is 1. The van der Waals surface area contributed by atoms with Crippen LogP contribution in [0.2, 0.25) is 0 Å². The Bertz CT molecular complexity index is 566. The number of pyridine rings is 1. The van der Waals surface area contributed by atoms with E-state index in [0.717, 1.165) is 11.6 Å². The summed E-state index contributed by atoms with van der Waals surface area (Å²) in [5.41, 5.74) is 2.54. The van der Waals surface area contributed by atoms with E-state index in [-0.39, 0.29) is 12.1 Å². The van der Waals surface area contributed by atoms with Crippen LogP contribution in [0.25, 0.3) is 0 Å². The molecule has 1 heterocycles. The van der Waals surface area contributed by atoms with Crippen LogP contribution in [0.5, 0.6) is 5.75 Å². The number of nitrogens with one attached hydrogen (secondary N) is 1. The molecule has 3 nitrogen and oxygen atoms in total. The lowest BCUT2D eigenvalue weighted by Crippen LogP contribution is -2.13. The summed E-state index contributed by atoms with van der Waals surface area (Å²) in [5.74, 6) is 1.58. The third kappa shape index (κ3) is 3.50. The van der Waals surface area contributed by atoms with Gasteiger partial charge in [0, 0.05) is 6.20 Å². The van der Waals surface area contributed by atoms with Gasteiger partial charge in [-0.25, -0.2) is 4.98 Å². The van der Waals surface area contributed by atoms with Crippen molar-refractivity contribution in [3.05, 3.63) is 53.7 Å². The van der Waals surface area contributed by atoms with Gasteiger partial charge >= 0.3 is 0 Å². The molecule has 2 aromatic rings. The fourth-order valence-electron chi connectivity index (χ4n) is 2.20. The van der Waals surface area contributed by atoms with Gasteiger partial charge < -0.3 is 10.1 Å². The van der Waals surface area contributed by atoms with Gasteiger partial charge in [0.2, 0.25) is 0 Å². The average molecular weight is 270 g/mol. The van der Waals surface area contributed by atoms with Crippen molar-refractivity contribution in [2.45, 2.75) is 39.8 Å². The van der Waals surface area contributed by atoms with Crippen LogP contribution in [0.4, 0.5) is 5.82 Å². The fraction of sp³-hybridized carbons (Fsp3) is 0.353. The fourth-order valence-corrected chi connectivity index (χ4v) is 2.20. The van der Waals surface area contributed by atoms with E-state index in [0.29, 0.717) is 0 Å². The predicted molar refractivity (Wildman–Crippen MR) is 83.2 cm³/mol. The molecule has 0 aliphatic carbocycles. The second-order valence-electron chi connectivity index (χ2n) is 5.24. The number of anilines is 1. The minimum Gasteiger partial charge on any atom is -0.487 e. The Labute approximate surface area is 121 Å². The second-order valence-corrected chi connectivity index (χ2v) is 5.24. The van der Waals surface area contributed by atoms with E-state index >= 15 is 0 Å². The van der Waals surface area contributed by atoms with Gasteiger partial charge in [-0.15, -0.1) is 0 Å². The van der Waals surface area contributed by atoms with Crippen LogP contribution >= 0.6 is 0 Å². The zero-order chi connectivity index (χ0) is 14.5. The molecular weight excluding hydrogens is 248 g/mol. The lowest BCUT2D eigenvalue weighted by Gasteiger charge is -2.20. The standard InChI is InChI=1S/C17H22N2O/c1-12(2)20-16-10-7-11-18-17(16)19-14(4)15-9-6-5-8-13(15)3/h5-12,14H,1-4H3,(H,18,19). The number of benzene rings is 1. The quantitative estimate of drug-likeness (QED) is 0.877. The molecule has 0 saturated carbocycles. The zero-order valence-corrected chi connectivity index (χ0v) is 12.6. The number of ether oxygens (including phenoxy) is 1. The first-order valence-electron chi connectivity index (χ1n) is 7.01. The molecule has 3 heteroatoms. The second kappa shape index (κ2) is 6.42. The number of rotatable bonds is 5. The summed E-state index contributed by atoms with van der Waals surface area (Å²) in [7, 11) is 0. The molecule has 2 rings (SSSR count). The van der Waals surface area contributed by atoms with Crippen molar-refractivity contribution >= 4 is 5.82 Å². The van der Waals surface area contributed by atoms with Gasteiger partial charge in [-0.3, -0.25) is 0 Å². The summed E-state index contributed by atoms with van der Waals surface area (Å²) in [5, 5.41) is 3.44. The monoisotopic (exact) mass is 270 g/mol. The molecule has 0 bridgehead atoms. The Morgan fingerprint density at radius 3 is 2.50 bits per heavy atom. The van der Waals surface area contributed by atoms with Crippen molar-refractivity contribution in [3.63, 3.8) is 0 Å². The molecule has 106 valence electrons. The number of hydrogen-bond acceptors (Lipinski definition) is 3. The molecule has 0 fully saturated rings. The molecule has 0 amide bonds. The lowest BCUT2D eigenvalue weighted by atomic mass is 10.0. The smallest absolute Gasteiger partial charge is 0.169 e. The Hall–Kier alpha value is -2.03. The molecule has 0 spiro atoms. The van der Waals surface area contributed by atoms with Crippen LogP contribution in [-0.4, -0.2) is 11.1 Å². The molecule has 1 N–H and O–H groups in total. The minimum atomic E-state index is 0.133. The summed E-state index contributed by atoms with van der Waals surface area (Å²) < 4.78 is 5.79. The van der Waals surface area contributed by atoms with Crippen molar-refractivity contribution in [3.8, 4) is 5.75 Å². The number of hydrogen-bond donors (Lipinski definition) is 1. The summed E-state index contributed by atoms with van der Waals surface area (Å²) in [6, 6.07) is 12.4. The first-order valence-corrected chi connectivity index (χ1v) is 7.01. The maximum absolute atomic E-state index is 5.79.